The van der Waals surface area contributed by atoms with E-state index in [-0.39, 0.29) is 0 Å². The maximum atomic E-state index is 4.69. The molecule has 1 unspecified atom stereocenters. The van der Waals surface area contributed by atoms with E-state index in [2.05, 4.69) is 58.7 Å². The molecule has 4 rings (SSSR count). The smallest absolute Gasteiger partial charge is 0.185 e. The lowest BCUT2D eigenvalue weighted by atomic mass is 9.97. The Morgan fingerprint density at radius 3 is 2.67 bits per heavy atom. The number of piperidine rings is 1. The van der Waals surface area contributed by atoms with Crippen molar-refractivity contribution in [2.24, 2.45) is 0 Å². The molecule has 2 heterocycles. The predicted molar refractivity (Wildman–Crippen MR) is 129 cm³/mol. The average Bonchev–Trinajstić information content (AvgIpc) is 3.45. The van der Waals surface area contributed by atoms with Gasteiger partial charge in [-0.3, -0.25) is 4.90 Å². The lowest BCUT2D eigenvalue weighted by molar-refractivity contribution is 0.155. The molecule has 3 nitrogen and oxygen atoms in total. The van der Waals surface area contributed by atoms with E-state index in [1.165, 1.54) is 54.1 Å². The Morgan fingerprint density at radius 1 is 1.20 bits per heavy atom. The van der Waals surface area contributed by atoms with Crippen LogP contribution in [0.1, 0.15) is 36.8 Å². The number of thiazole rings is 1. The average molecular weight is 420 g/mol. The van der Waals surface area contributed by atoms with Crippen LogP contribution >= 0.6 is 11.3 Å². The van der Waals surface area contributed by atoms with Crippen LogP contribution < -0.4 is 4.90 Å². The number of benzene rings is 1. The monoisotopic (exact) mass is 419 g/mol. The summed E-state index contributed by atoms with van der Waals surface area (Å²) in [6.45, 7) is 11.1. The van der Waals surface area contributed by atoms with E-state index in [4.69, 9.17) is 4.98 Å². The standard InChI is InChI=1S/C26H33N3S/c1-3-9-21(4-2)20-28-15-8-7-12-24(28)13-16-29(26-27-14-17-30-26)25-18-22-10-5-6-11-23(22)19-25/h3-6,9-11,14,17,24-25H,1-2,7-8,12-13,15-16,18-20H2/b21-9+. The quantitative estimate of drug-likeness (QED) is 0.489. The molecule has 1 atom stereocenters. The molecule has 158 valence electrons. The summed E-state index contributed by atoms with van der Waals surface area (Å²) in [7, 11) is 0. The lowest BCUT2D eigenvalue weighted by Gasteiger charge is -2.38. The van der Waals surface area contributed by atoms with Gasteiger partial charge in [-0.1, -0.05) is 62.1 Å². The Hall–Kier alpha value is -2.17. The second-order valence-electron chi connectivity index (χ2n) is 8.43. The maximum Gasteiger partial charge on any atom is 0.185 e. The van der Waals surface area contributed by atoms with Gasteiger partial charge in [-0.05, 0) is 55.3 Å². The number of hydrogen-bond acceptors (Lipinski definition) is 4. The number of hydrogen-bond donors (Lipinski definition) is 0. The first-order chi connectivity index (χ1) is 14.8. The van der Waals surface area contributed by atoms with Gasteiger partial charge >= 0.3 is 0 Å². The van der Waals surface area contributed by atoms with E-state index < -0.39 is 0 Å². The summed E-state index contributed by atoms with van der Waals surface area (Å²) in [5.41, 5.74) is 4.28. The number of nitrogens with zero attached hydrogens (tertiary/aromatic N) is 3. The van der Waals surface area contributed by atoms with Crippen molar-refractivity contribution in [3.8, 4) is 0 Å². The molecular formula is C26H33N3S. The van der Waals surface area contributed by atoms with Crippen molar-refractivity contribution in [2.75, 3.05) is 24.5 Å². The highest BCUT2D eigenvalue weighted by molar-refractivity contribution is 7.13. The summed E-state index contributed by atoms with van der Waals surface area (Å²) in [5.74, 6) is 0. The molecule has 1 aromatic heterocycles. The van der Waals surface area contributed by atoms with Gasteiger partial charge in [0.1, 0.15) is 0 Å². The summed E-state index contributed by atoms with van der Waals surface area (Å²) in [5, 5.41) is 3.28. The third kappa shape index (κ3) is 4.93. The van der Waals surface area contributed by atoms with Gasteiger partial charge in [-0.2, -0.15) is 0 Å². The van der Waals surface area contributed by atoms with E-state index in [1.54, 1.807) is 11.3 Å². The van der Waals surface area contributed by atoms with Gasteiger partial charge in [-0.25, -0.2) is 4.98 Å². The number of aromatic nitrogens is 1. The van der Waals surface area contributed by atoms with Crippen molar-refractivity contribution < 1.29 is 0 Å². The first kappa shape index (κ1) is 21.1. The fourth-order valence-electron chi connectivity index (χ4n) is 5.00. The third-order valence-corrected chi connectivity index (χ3v) is 7.38. The number of allylic oxidation sites excluding steroid dienone is 2. The highest BCUT2D eigenvalue weighted by Gasteiger charge is 2.30. The highest BCUT2D eigenvalue weighted by atomic mass is 32.1. The molecule has 0 radical (unpaired) electrons. The van der Waals surface area contributed by atoms with E-state index in [0.29, 0.717) is 12.1 Å². The van der Waals surface area contributed by atoms with E-state index in [9.17, 15) is 0 Å². The Balaban J connectivity index is 1.45. The van der Waals surface area contributed by atoms with Gasteiger partial charge in [0, 0.05) is 36.8 Å². The van der Waals surface area contributed by atoms with Gasteiger partial charge < -0.3 is 4.90 Å². The largest absolute Gasteiger partial charge is 0.344 e. The zero-order chi connectivity index (χ0) is 20.8. The van der Waals surface area contributed by atoms with Crippen LogP contribution in [0.3, 0.4) is 0 Å². The van der Waals surface area contributed by atoms with Crippen LogP contribution in [0.25, 0.3) is 0 Å². The van der Waals surface area contributed by atoms with Crippen molar-refractivity contribution in [2.45, 2.75) is 50.6 Å². The minimum Gasteiger partial charge on any atom is -0.344 e. The molecule has 2 aromatic rings. The predicted octanol–water partition coefficient (Wildman–Crippen LogP) is 5.66. The zero-order valence-electron chi connectivity index (χ0n) is 17.9. The van der Waals surface area contributed by atoms with Crippen LogP contribution in [0.4, 0.5) is 5.13 Å². The lowest BCUT2D eigenvalue weighted by Crippen LogP contribution is -2.44. The fourth-order valence-corrected chi connectivity index (χ4v) is 5.74. The van der Waals surface area contributed by atoms with Crippen LogP contribution in [0.15, 0.2) is 72.8 Å². The molecule has 0 amide bonds. The van der Waals surface area contributed by atoms with E-state index in [0.717, 1.165) is 25.9 Å². The molecule has 0 spiro atoms. The second kappa shape index (κ2) is 10.2. The fraction of sp³-hybridized carbons (Fsp3) is 0.423. The highest BCUT2D eigenvalue weighted by Crippen LogP contribution is 2.31. The first-order valence-corrected chi connectivity index (χ1v) is 12.1. The number of likely N-dealkylation sites (tertiary alicyclic amines) is 1. The summed E-state index contributed by atoms with van der Waals surface area (Å²) >= 11 is 1.77. The van der Waals surface area contributed by atoms with Gasteiger partial charge in [0.2, 0.25) is 0 Å². The second-order valence-corrected chi connectivity index (χ2v) is 9.30. The molecule has 1 aliphatic carbocycles. The summed E-state index contributed by atoms with van der Waals surface area (Å²) in [6, 6.07) is 10.1. The molecule has 0 N–H and O–H groups in total. The molecule has 1 aromatic carbocycles. The normalized spacial score (nSPS) is 20.1. The summed E-state index contributed by atoms with van der Waals surface area (Å²) in [4.78, 5) is 9.94. The summed E-state index contributed by atoms with van der Waals surface area (Å²) < 4.78 is 0. The Morgan fingerprint density at radius 2 is 2.00 bits per heavy atom. The SMILES string of the molecule is C=C/C=C(\C=C)CN1CCCCC1CCN(c1nccs1)C1Cc2ccccc2C1. The van der Waals surface area contributed by atoms with Crippen LogP contribution in [0, 0.1) is 0 Å². The molecule has 0 saturated carbocycles. The Kier molecular flexibility index (Phi) is 7.19. The molecule has 30 heavy (non-hydrogen) atoms. The van der Waals surface area contributed by atoms with Gasteiger partial charge in [0.15, 0.2) is 5.13 Å². The van der Waals surface area contributed by atoms with Crippen LogP contribution in [0.2, 0.25) is 0 Å². The zero-order valence-corrected chi connectivity index (χ0v) is 18.7. The third-order valence-electron chi connectivity index (χ3n) is 6.57. The van der Waals surface area contributed by atoms with Crippen LogP contribution in [-0.2, 0) is 12.8 Å². The summed E-state index contributed by atoms with van der Waals surface area (Å²) in [6.07, 6.45) is 15.3. The molecule has 4 heteroatoms. The topological polar surface area (TPSA) is 19.4 Å². The number of rotatable bonds is 9. The Bertz CT molecular complexity index is 845. The molecule has 1 aliphatic heterocycles. The molecular weight excluding hydrogens is 386 g/mol. The van der Waals surface area contributed by atoms with Crippen molar-refractivity contribution in [1.82, 2.24) is 9.88 Å². The van der Waals surface area contributed by atoms with E-state index >= 15 is 0 Å². The van der Waals surface area contributed by atoms with Crippen molar-refractivity contribution in [3.63, 3.8) is 0 Å². The minimum absolute atomic E-state index is 0.523. The van der Waals surface area contributed by atoms with Gasteiger partial charge in [0.25, 0.3) is 0 Å². The van der Waals surface area contributed by atoms with Crippen molar-refractivity contribution in [3.05, 3.63) is 83.9 Å². The van der Waals surface area contributed by atoms with Gasteiger partial charge in [0.05, 0.1) is 0 Å². The van der Waals surface area contributed by atoms with E-state index in [1.807, 2.05) is 18.3 Å². The molecule has 2 aliphatic rings. The van der Waals surface area contributed by atoms with Crippen LogP contribution in [-0.4, -0.2) is 41.6 Å². The van der Waals surface area contributed by atoms with Crippen molar-refractivity contribution >= 4 is 16.5 Å². The first-order valence-electron chi connectivity index (χ1n) is 11.2. The van der Waals surface area contributed by atoms with Crippen LogP contribution in [0.5, 0.6) is 0 Å². The molecule has 1 saturated heterocycles. The Labute approximate surface area is 185 Å². The minimum atomic E-state index is 0.523. The van der Waals surface area contributed by atoms with Crippen molar-refractivity contribution in [1.29, 1.82) is 0 Å². The number of anilines is 1. The molecule has 0 bridgehead atoms. The van der Waals surface area contributed by atoms with Gasteiger partial charge in [-0.15, -0.1) is 11.3 Å². The molecule has 1 fully saturated rings. The maximum absolute atomic E-state index is 4.69. The number of fused-ring (bicyclic) bond motifs is 1.